The summed E-state index contributed by atoms with van der Waals surface area (Å²) in [6, 6.07) is 0. The Hall–Kier alpha value is -0.290. The molecule has 0 heterocycles. The van der Waals surface area contributed by atoms with E-state index in [9.17, 15) is 13.5 Å². The maximum absolute atomic E-state index is 10.8. The van der Waals surface area contributed by atoms with E-state index in [1.54, 1.807) is 0 Å². The molecule has 0 fully saturated rings. The molecule has 9 heteroatoms. The minimum absolute atomic E-state index is 0.0230. The molecule has 0 aromatic rings. The van der Waals surface area contributed by atoms with Gasteiger partial charge in [0.05, 0.1) is 25.9 Å². The van der Waals surface area contributed by atoms with Gasteiger partial charge in [0.2, 0.25) is 0 Å². The molecule has 0 aliphatic heterocycles. The molecule has 2 atom stereocenters. The van der Waals surface area contributed by atoms with Crippen LogP contribution in [-0.4, -0.2) is 77.7 Å². The number of rotatable bonds is 9. The van der Waals surface area contributed by atoms with Crippen LogP contribution in [0, 0.1) is 0 Å². The molecule has 0 saturated carbocycles. The maximum atomic E-state index is 10.8. The second-order valence-corrected chi connectivity index (χ2v) is 4.87. The van der Waals surface area contributed by atoms with Gasteiger partial charge >= 0.3 is 10.3 Å². The van der Waals surface area contributed by atoms with E-state index in [2.05, 4.69) is 0 Å². The molecule has 4 N–H and O–H groups in total. The van der Waals surface area contributed by atoms with Crippen molar-refractivity contribution in [2.24, 2.45) is 0 Å². The number of likely N-dealkylation sites (N-methyl/N-ethyl adjacent to an activating group) is 1. The summed E-state index contributed by atoms with van der Waals surface area (Å²) in [6.45, 7) is 0.410. The van der Waals surface area contributed by atoms with Crippen LogP contribution in [0.3, 0.4) is 0 Å². The van der Waals surface area contributed by atoms with Gasteiger partial charge in [-0.2, -0.15) is 12.7 Å². The average Bonchev–Trinajstić information content (AvgIpc) is 2.23. The minimum atomic E-state index is -4.33. The van der Waals surface area contributed by atoms with Crippen LogP contribution in [0.4, 0.5) is 0 Å². The van der Waals surface area contributed by atoms with E-state index in [1.807, 2.05) is 0 Å². The van der Waals surface area contributed by atoms with Crippen molar-refractivity contribution in [2.75, 3.05) is 32.9 Å². The monoisotopic (exact) mass is 273 g/mol. The number of hydrogen-bond acceptors (Lipinski definition) is 6. The van der Waals surface area contributed by atoms with E-state index < -0.39 is 29.1 Å². The second-order valence-electron chi connectivity index (χ2n) is 3.46. The van der Waals surface area contributed by atoms with E-state index in [4.69, 9.17) is 19.5 Å². The summed E-state index contributed by atoms with van der Waals surface area (Å²) >= 11 is 0. The van der Waals surface area contributed by atoms with Crippen LogP contribution in [0.25, 0.3) is 0 Å². The minimum Gasteiger partial charge on any atom is -0.394 e. The molecule has 17 heavy (non-hydrogen) atoms. The molecule has 0 saturated heterocycles. The van der Waals surface area contributed by atoms with Gasteiger partial charge in [-0.3, -0.25) is 4.55 Å². The zero-order chi connectivity index (χ0) is 13.5. The molecule has 0 bridgehead atoms. The van der Waals surface area contributed by atoms with Crippen LogP contribution in [0.15, 0.2) is 0 Å². The molecule has 0 radical (unpaired) electrons. The Kier molecular flexibility index (Phi) is 7.79. The number of aliphatic hydroxyl groups excluding tert-OH is 3. The second kappa shape index (κ2) is 7.93. The van der Waals surface area contributed by atoms with Crippen molar-refractivity contribution in [1.82, 2.24) is 4.31 Å². The first-order chi connectivity index (χ1) is 7.81. The van der Waals surface area contributed by atoms with E-state index in [1.165, 1.54) is 6.92 Å². The lowest BCUT2D eigenvalue weighted by molar-refractivity contribution is -0.0273. The lowest BCUT2D eigenvalue weighted by Crippen LogP contribution is -2.39. The molecule has 0 aliphatic carbocycles. The fourth-order valence-electron chi connectivity index (χ4n) is 1.07. The highest BCUT2D eigenvalue weighted by atomic mass is 32.2. The van der Waals surface area contributed by atoms with Gasteiger partial charge in [-0.15, -0.1) is 0 Å². The molecule has 104 valence electrons. The van der Waals surface area contributed by atoms with Crippen molar-refractivity contribution >= 4 is 10.3 Å². The summed E-state index contributed by atoms with van der Waals surface area (Å²) in [5.41, 5.74) is 0. The van der Waals surface area contributed by atoms with Crippen molar-refractivity contribution in [3.63, 3.8) is 0 Å². The fourth-order valence-corrected chi connectivity index (χ4v) is 1.75. The summed E-state index contributed by atoms with van der Waals surface area (Å²) in [6.07, 6.45) is -2.16. The standard InChI is InChI=1S/C8H19NO7S/c1-2-9(17(13,14)15)3-7(11)5-16-6-8(12)4-10/h7-8,10-12H,2-6H2,1H3,(H,13,14,15). The highest BCUT2D eigenvalue weighted by Gasteiger charge is 2.20. The van der Waals surface area contributed by atoms with Gasteiger partial charge in [0.1, 0.15) is 6.10 Å². The highest BCUT2D eigenvalue weighted by Crippen LogP contribution is 2.00. The largest absolute Gasteiger partial charge is 0.394 e. The number of aliphatic hydroxyl groups is 3. The van der Waals surface area contributed by atoms with Crippen molar-refractivity contribution in [3.05, 3.63) is 0 Å². The molecule has 0 rings (SSSR count). The first kappa shape index (κ1) is 16.7. The lowest BCUT2D eigenvalue weighted by atomic mass is 10.3. The Morgan fingerprint density at radius 3 is 2.18 bits per heavy atom. The quantitative estimate of drug-likeness (QED) is 0.352. The summed E-state index contributed by atoms with van der Waals surface area (Å²) in [5.74, 6) is 0. The van der Waals surface area contributed by atoms with Crippen LogP contribution in [0.2, 0.25) is 0 Å². The molecular formula is C8H19NO7S. The van der Waals surface area contributed by atoms with Crippen molar-refractivity contribution in [2.45, 2.75) is 19.1 Å². The number of ether oxygens (including phenoxy) is 1. The molecular weight excluding hydrogens is 254 g/mol. The van der Waals surface area contributed by atoms with Gasteiger partial charge in [-0.1, -0.05) is 6.92 Å². The Balaban J connectivity index is 3.96. The molecule has 0 aromatic carbocycles. The topological polar surface area (TPSA) is 128 Å². The van der Waals surface area contributed by atoms with Crippen LogP contribution < -0.4 is 0 Å². The molecule has 0 aliphatic rings. The first-order valence-electron chi connectivity index (χ1n) is 5.08. The Bertz CT molecular complexity index is 294. The third kappa shape index (κ3) is 7.60. The third-order valence-corrected chi connectivity index (χ3v) is 2.98. The molecule has 2 unspecified atom stereocenters. The van der Waals surface area contributed by atoms with Crippen molar-refractivity contribution in [1.29, 1.82) is 0 Å². The number of nitrogens with zero attached hydrogens (tertiary/aromatic N) is 1. The van der Waals surface area contributed by atoms with Gasteiger partial charge in [-0.05, 0) is 0 Å². The van der Waals surface area contributed by atoms with Gasteiger partial charge in [0, 0.05) is 13.1 Å². The predicted molar refractivity (Wildman–Crippen MR) is 58.7 cm³/mol. The zero-order valence-corrected chi connectivity index (χ0v) is 10.4. The van der Waals surface area contributed by atoms with E-state index in [-0.39, 0.29) is 26.3 Å². The van der Waals surface area contributed by atoms with Crippen LogP contribution >= 0.6 is 0 Å². The van der Waals surface area contributed by atoms with Crippen molar-refractivity contribution < 1.29 is 33.0 Å². The lowest BCUT2D eigenvalue weighted by Gasteiger charge is -2.20. The smallest absolute Gasteiger partial charge is 0.335 e. The van der Waals surface area contributed by atoms with Gasteiger partial charge in [0.25, 0.3) is 0 Å². The highest BCUT2D eigenvalue weighted by molar-refractivity contribution is 7.83. The normalized spacial score (nSPS) is 16.1. The van der Waals surface area contributed by atoms with E-state index in [0.29, 0.717) is 4.31 Å². The summed E-state index contributed by atoms with van der Waals surface area (Å²) in [4.78, 5) is 0. The predicted octanol–water partition coefficient (Wildman–Crippen LogP) is -2.16. The zero-order valence-electron chi connectivity index (χ0n) is 9.56. The summed E-state index contributed by atoms with van der Waals surface area (Å²) in [7, 11) is -4.33. The summed E-state index contributed by atoms with van der Waals surface area (Å²) in [5, 5.41) is 26.8. The maximum Gasteiger partial charge on any atom is 0.335 e. The molecule has 0 amide bonds. The SMILES string of the molecule is CCN(CC(O)COCC(O)CO)S(=O)(=O)O. The summed E-state index contributed by atoms with van der Waals surface area (Å²) < 4.78 is 35.8. The number of hydrogen-bond donors (Lipinski definition) is 4. The molecule has 0 aromatic heterocycles. The fraction of sp³-hybridized carbons (Fsp3) is 1.00. The van der Waals surface area contributed by atoms with Crippen LogP contribution in [-0.2, 0) is 15.0 Å². The first-order valence-corrected chi connectivity index (χ1v) is 6.48. The molecule has 0 spiro atoms. The average molecular weight is 273 g/mol. The van der Waals surface area contributed by atoms with E-state index in [0.717, 1.165) is 0 Å². The Morgan fingerprint density at radius 1 is 1.24 bits per heavy atom. The Morgan fingerprint density at radius 2 is 1.76 bits per heavy atom. The van der Waals surface area contributed by atoms with Crippen LogP contribution in [0.5, 0.6) is 0 Å². The van der Waals surface area contributed by atoms with Gasteiger partial charge in [0.15, 0.2) is 0 Å². The van der Waals surface area contributed by atoms with Gasteiger partial charge in [-0.25, -0.2) is 0 Å². The van der Waals surface area contributed by atoms with Crippen LogP contribution in [0.1, 0.15) is 6.92 Å². The van der Waals surface area contributed by atoms with E-state index >= 15 is 0 Å². The van der Waals surface area contributed by atoms with Gasteiger partial charge < -0.3 is 20.1 Å². The Labute approximate surface area is 100 Å². The molecule has 8 nitrogen and oxygen atoms in total. The van der Waals surface area contributed by atoms with Crippen molar-refractivity contribution in [3.8, 4) is 0 Å². The third-order valence-electron chi connectivity index (χ3n) is 1.92.